The Kier molecular flexibility index (Phi) is 3.92. The minimum Gasteiger partial charge on any atom is -0.377 e. The number of para-hydroxylation sites is 1. The number of tetrazole rings is 1. The van der Waals surface area contributed by atoms with Crippen molar-refractivity contribution in [3.8, 4) is 5.69 Å². The lowest BCUT2D eigenvalue weighted by molar-refractivity contribution is 0.627. The van der Waals surface area contributed by atoms with Crippen molar-refractivity contribution < 1.29 is 4.39 Å². The van der Waals surface area contributed by atoms with Crippen LogP contribution in [-0.2, 0) is 6.54 Å². The molecule has 0 saturated heterocycles. The normalized spacial score (nSPS) is 10.6. The maximum Gasteiger partial charge on any atom is 0.175 e. The first-order chi connectivity index (χ1) is 10.2. The third-order valence-electron chi connectivity index (χ3n) is 2.90. The minimum absolute atomic E-state index is 0.290. The van der Waals surface area contributed by atoms with Gasteiger partial charge in [0.1, 0.15) is 5.82 Å². The average molecular weight is 348 g/mol. The summed E-state index contributed by atoms with van der Waals surface area (Å²) in [6.45, 7) is 0.423. The molecule has 0 saturated carbocycles. The van der Waals surface area contributed by atoms with Gasteiger partial charge in [-0.3, -0.25) is 0 Å². The molecule has 0 aliphatic carbocycles. The molecule has 3 rings (SSSR count). The topological polar surface area (TPSA) is 55.6 Å². The number of nitrogens with one attached hydrogen (secondary N) is 1. The highest BCUT2D eigenvalue weighted by atomic mass is 79.9. The number of benzene rings is 2. The van der Waals surface area contributed by atoms with Crippen LogP contribution < -0.4 is 5.32 Å². The molecule has 0 unspecified atom stereocenters. The molecule has 0 spiro atoms. The van der Waals surface area contributed by atoms with Crippen LogP contribution in [0.1, 0.15) is 5.82 Å². The monoisotopic (exact) mass is 347 g/mol. The van der Waals surface area contributed by atoms with Gasteiger partial charge in [0, 0.05) is 10.2 Å². The fourth-order valence-corrected chi connectivity index (χ4v) is 2.38. The molecule has 0 atom stereocenters. The van der Waals surface area contributed by atoms with E-state index >= 15 is 0 Å². The number of anilines is 1. The lowest BCUT2D eigenvalue weighted by Crippen LogP contribution is -2.08. The van der Waals surface area contributed by atoms with Gasteiger partial charge >= 0.3 is 0 Å². The lowest BCUT2D eigenvalue weighted by atomic mass is 10.3. The van der Waals surface area contributed by atoms with Crippen LogP contribution in [0.3, 0.4) is 0 Å². The molecule has 0 aliphatic heterocycles. The molecular weight excluding hydrogens is 337 g/mol. The molecular formula is C14H11BrFN5. The van der Waals surface area contributed by atoms with Crippen LogP contribution in [0.4, 0.5) is 10.1 Å². The second-order valence-corrected chi connectivity index (χ2v) is 5.17. The summed E-state index contributed by atoms with van der Waals surface area (Å²) < 4.78 is 15.4. The molecule has 0 aliphatic rings. The number of hydrogen-bond donors (Lipinski definition) is 1. The molecule has 1 N–H and O–H groups in total. The van der Waals surface area contributed by atoms with E-state index in [9.17, 15) is 4.39 Å². The average Bonchev–Trinajstić information content (AvgIpc) is 2.96. The molecule has 3 aromatic rings. The first-order valence-electron chi connectivity index (χ1n) is 6.25. The zero-order valence-corrected chi connectivity index (χ0v) is 12.5. The molecule has 21 heavy (non-hydrogen) atoms. The number of hydrogen-bond acceptors (Lipinski definition) is 4. The fourth-order valence-electron chi connectivity index (χ4n) is 1.89. The van der Waals surface area contributed by atoms with E-state index in [1.807, 2.05) is 30.3 Å². The van der Waals surface area contributed by atoms with E-state index in [1.165, 1.54) is 12.1 Å². The standard InChI is InChI=1S/C14H11BrFN5/c15-12-8-10(16)6-7-13(12)17-9-14-18-19-20-21(14)11-4-2-1-3-5-11/h1-8,17H,9H2. The molecule has 0 amide bonds. The largest absolute Gasteiger partial charge is 0.377 e. The Bertz CT molecular complexity index is 744. The van der Waals surface area contributed by atoms with Crippen LogP contribution in [0.25, 0.3) is 5.69 Å². The van der Waals surface area contributed by atoms with Crippen LogP contribution in [0.15, 0.2) is 53.0 Å². The predicted octanol–water partition coefficient (Wildman–Crippen LogP) is 3.18. The van der Waals surface area contributed by atoms with Crippen molar-refractivity contribution in [3.05, 3.63) is 64.6 Å². The first kappa shape index (κ1) is 13.7. The van der Waals surface area contributed by atoms with Crippen molar-refractivity contribution in [1.29, 1.82) is 0 Å². The van der Waals surface area contributed by atoms with Gasteiger partial charge in [-0.25, -0.2) is 4.39 Å². The maximum absolute atomic E-state index is 13.1. The number of halogens is 2. The van der Waals surface area contributed by atoms with Gasteiger partial charge in [0.25, 0.3) is 0 Å². The van der Waals surface area contributed by atoms with E-state index < -0.39 is 0 Å². The zero-order valence-electron chi connectivity index (χ0n) is 10.9. The Morgan fingerprint density at radius 3 is 2.71 bits per heavy atom. The SMILES string of the molecule is Fc1ccc(NCc2nnnn2-c2ccccc2)c(Br)c1. The second-order valence-electron chi connectivity index (χ2n) is 4.32. The van der Waals surface area contributed by atoms with Gasteiger partial charge in [0.2, 0.25) is 0 Å². The van der Waals surface area contributed by atoms with Crippen molar-refractivity contribution >= 4 is 21.6 Å². The quantitative estimate of drug-likeness (QED) is 0.787. The maximum atomic E-state index is 13.1. The summed E-state index contributed by atoms with van der Waals surface area (Å²) in [5.74, 6) is 0.374. The van der Waals surface area contributed by atoms with Crippen molar-refractivity contribution in [2.75, 3.05) is 5.32 Å². The van der Waals surface area contributed by atoms with Crippen molar-refractivity contribution in [2.45, 2.75) is 6.54 Å². The summed E-state index contributed by atoms with van der Waals surface area (Å²) in [5, 5.41) is 14.9. The van der Waals surface area contributed by atoms with E-state index in [2.05, 4.69) is 36.8 Å². The summed E-state index contributed by atoms with van der Waals surface area (Å²) in [6.07, 6.45) is 0. The van der Waals surface area contributed by atoms with E-state index in [0.717, 1.165) is 11.4 Å². The van der Waals surface area contributed by atoms with E-state index in [4.69, 9.17) is 0 Å². The number of nitrogens with zero attached hydrogens (tertiary/aromatic N) is 4. The highest BCUT2D eigenvalue weighted by Gasteiger charge is 2.08. The molecule has 0 bridgehead atoms. The Balaban J connectivity index is 1.79. The molecule has 1 aromatic heterocycles. The van der Waals surface area contributed by atoms with E-state index in [1.54, 1.807) is 10.7 Å². The molecule has 106 valence electrons. The second kappa shape index (κ2) is 6.01. The molecule has 0 radical (unpaired) electrons. The molecule has 5 nitrogen and oxygen atoms in total. The molecule has 2 aromatic carbocycles. The van der Waals surface area contributed by atoms with Gasteiger partial charge in [0.15, 0.2) is 5.82 Å². The van der Waals surface area contributed by atoms with Crippen molar-refractivity contribution in [2.24, 2.45) is 0 Å². The van der Waals surface area contributed by atoms with Crippen molar-refractivity contribution in [3.63, 3.8) is 0 Å². The zero-order chi connectivity index (χ0) is 14.7. The van der Waals surface area contributed by atoms with Crippen LogP contribution in [0.5, 0.6) is 0 Å². The van der Waals surface area contributed by atoms with Crippen LogP contribution >= 0.6 is 15.9 Å². The van der Waals surface area contributed by atoms with Crippen LogP contribution in [0.2, 0.25) is 0 Å². The summed E-state index contributed by atoms with van der Waals surface area (Å²) in [6, 6.07) is 14.1. The van der Waals surface area contributed by atoms with Gasteiger partial charge in [-0.1, -0.05) is 18.2 Å². The highest BCUT2D eigenvalue weighted by Crippen LogP contribution is 2.23. The predicted molar refractivity (Wildman–Crippen MR) is 80.6 cm³/mol. The Labute approximate surface area is 128 Å². The molecule has 1 heterocycles. The molecule has 7 heteroatoms. The highest BCUT2D eigenvalue weighted by molar-refractivity contribution is 9.10. The third-order valence-corrected chi connectivity index (χ3v) is 3.56. The minimum atomic E-state index is -0.290. The lowest BCUT2D eigenvalue weighted by Gasteiger charge is -2.08. The fraction of sp³-hybridized carbons (Fsp3) is 0.0714. The van der Waals surface area contributed by atoms with Gasteiger partial charge < -0.3 is 5.32 Å². The van der Waals surface area contributed by atoms with Gasteiger partial charge in [-0.05, 0) is 56.7 Å². The van der Waals surface area contributed by atoms with Crippen LogP contribution in [-0.4, -0.2) is 20.2 Å². The summed E-state index contributed by atoms with van der Waals surface area (Å²) in [4.78, 5) is 0. The number of aromatic nitrogens is 4. The Hall–Kier alpha value is -2.28. The van der Waals surface area contributed by atoms with Gasteiger partial charge in [-0.2, -0.15) is 4.68 Å². The van der Waals surface area contributed by atoms with E-state index in [0.29, 0.717) is 16.8 Å². The van der Waals surface area contributed by atoms with E-state index in [-0.39, 0.29) is 5.82 Å². The van der Waals surface area contributed by atoms with Gasteiger partial charge in [-0.15, -0.1) is 5.10 Å². The number of rotatable bonds is 4. The first-order valence-corrected chi connectivity index (χ1v) is 7.05. The smallest absolute Gasteiger partial charge is 0.175 e. The Morgan fingerprint density at radius 1 is 1.14 bits per heavy atom. The summed E-state index contributed by atoms with van der Waals surface area (Å²) in [7, 11) is 0. The summed E-state index contributed by atoms with van der Waals surface area (Å²) in [5.41, 5.74) is 1.66. The summed E-state index contributed by atoms with van der Waals surface area (Å²) >= 11 is 3.31. The van der Waals surface area contributed by atoms with Gasteiger partial charge in [0.05, 0.1) is 12.2 Å². The van der Waals surface area contributed by atoms with Crippen molar-refractivity contribution in [1.82, 2.24) is 20.2 Å². The molecule has 0 fully saturated rings. The third kappa shape index (κ3) is 3.08. The van der Waals surface area contributed by atoms with Crippen LogP contribution in [0, 0.1) is 5.82 Å². The Morgan fingerprint density at radius 2 is 1.95 bits per heavy atom.